The molecule has 2 aromatic heterocycles. The lowest BCUT2D eigenvalue weighted by Gasteiger charge is -2.09. The molecular weight excluding hydrogens is 256 g/mol. The zero-order valence-corrected chi connectivity index (χ0v) is 10.5. The molecule has 1 amide bonds. The number of hydrogen-bond donors (Lipinski definition) is 2. The molecule has 0 spiro atoms. The third-order valence-electron chi connectivity index (χ3n) is 2.78. The molecule has 0 saturated heterocycles. The fourth-order valence-electron chi connectivity index (χ4n) is 1.83. The molecule has 0 fully saturated rings. The predicted octanol–water partition coefficient (Wildman–Crippen LogP) is 0.970. The number of anilines is 1. The Balaban J connectivity index is 1.69. The molecule has 0 radical (unpaired) electrons. The quantitative estimate of drug-likeness (QED) is 0.689. The van der Waals surface area contributed by atoms with Gasteiger partial charge in [-0.3, -0.25) is 15.6 Å². The van der Waals surface area contributed by atoms with Crippen molar-refractivity contribution in [1.29, 1.82) is 0 Å². The zero-order valence-electron chi connectivity index (χ0n) is 10.5. The van der Waals surface area contributed by atoms with Crippen molar-refractivity contribution in [2.24, 2.45) is 0 Å². The Kier molecular flexibility index (Phi) is 3.24. The summed E-state index contributed by atoms with van der Waals surface area (Å²) in [6.07, 6.45) is 6.60. The van der Waals surface area contributed by atoms with Crippen LogP contribution in [0.5, 0.6) is 0 Å². The molecule has 3 aromatic rings. The van der Waals surface area contributed by atoms with Crippen LogP contribution in [0.1, 0.15) is 0 Å². The Morgan fingerprint density at radius 2 is 2.20 bits per heavy atom. The summed E-state index contributed by atoms with van der Waals surface area (Å²) in [5.74, 6) is 0.319. The number of nitrogens with one attached hydrogen (secondary N) is 2. The van der Waals surface area contributed by atoms with Crippen molar-refractivity contribution in [2.75, 3.05) is 5.43 Å². The van der Waals surface area contributed by atoms with Crippen LogP contribution < -0.4 is 10.9 Å². The molecule has 7 heteroatoms. The number of carbonyl (C=O) groups is 1. The van der Waals surface area contributed by atoms with Crippen molar-refractivity contribution < 1.29 is 4.79 Å². The van der Waals surface area contributed by atoms with Crippen LogP contribution in [0.3, 0.4) is 0 Å². The molecule has 0 aliphatic carbocycles. The number of carbonyl (C=O) groups excluding carboxylic acids is 1. The van der Waals surface area contributed by atoms with E-state index in [0.29, 0.717) is 5.82 Å². The lowest BCUT2D eigenvalue weighted by atomic mass is 10.2. The van der Waals surface area contributed by atoms with Gasteiger partial charge in [-0.1, -0.05) is 24.3 Å². The second-order valence-corrected chi connectivity index (χ2v) is 4.19. The molecule has 7 nitrogen and oxygen atoms in total. The summed E-state index contributed by atoms with van der Waals surface area (Å²) in [5, 5.41) is 9.71. The maximum Gasteiger partial charge on any atom is 0.258 e. The number of imidazole rings is 1. The van der Waals surface area contributed by atoms with Crippen LogP contribution in [0, 0.1) is 0 Å². The highest BCUT2D eigenvalue weighted by molar-refractivity contribution is 5.91. The smallest absolute Gasteiger partial charge is 0.258 e. The lowest BCUT2D eigenvalue weighted by molar-refractivity contribution is -0.121. The highest BCUT2D eigenvalue weighted by Gasteiger charge is 2.05. The van der Waals surface area contributed by atoms with Gasteiger partial charge in [-0.05, 0) is 0 Å². The van der Waals surface area contributed by atoms with Gasteiger partial charge in [0.1, 0.15) is 6.54 Å². The van der Waals surface area contributed by atoms with E-state index >= 15 is 0 Å². The summed E-state index contributed by atoms with van der Waals surface area (Å²) in [7, 11) is 0. The van der Waals surface area contributed by atoms with E-state index in [1.807, 2.05) is 24.3 Å². The molecule has 0 bridgehead atoms. The van der Waals surface area contributed by atoms with E-state index in [9.17, 15) is 4.79 Å². The summed E-state index contributed by atoms with van der Waals surface area (Å²) < 4.78 is 1.67. The number of benzene rings is 1. The summed E-state index contributed by atoms with van der Waals surface area (Å²) >= 11 is 0. The Morgan fingerprint density at radius 3 is 3.05 bits per heavy atom. The largest absolute Gasteiger partial charge is 0.328 e. The van der Waals surface area contributed by atoms with E-state index in [1.54, 1.807) is 29.5 Å². The minimum absolute atomic E-state index is 0.186. The molecule has 2 N–H and O–H groups in total. The summed E-state index contributed by atoms with van der Waals surface area (Å²) in [4.78, 5) is 15.6. The molecule has 0 saturated carbocycles. The van der Waals surface area contributed by atoms with Crippen LogP contribution in [0.4, 0.5) is 5.82 Å². The van der Waals surface area contributed by atoms with Crippen molar-refractivity contribution in [2.45, 2.75) is 6.54 Å². The highest BCUT2D eigenvalue weighted by Crippen LogP contribution is 2.18. The van der Waals surface area contributed by atoms with Crippen LogP contribution in [-0.2, 0) is 11.3 Å². The number of nitrogens with zero attached hydrogens (tertiary/aromatic N) is 4. The molecule has 2 heterocycles. The molecule has 3 rings (SSSR count). The van der Waals surface area contributed by atoms with Gasteiger partial charge in [-0.15, -0.1) is 5.10 Å². The molecule has 0 aliphatic heterocycles. The molecule has 0 unspecified atom stereocenters. The third-order valence-corrected chi connectivity index (χ3v) is 2.78. The summed E-state index contributed by atoms with van der Waals surface area (Å²) in [6.45, 7) is 0.186. The van der Waals surface area contributed by atoms with E-state index in [0.717, 1.165) is 10.8 Å². The van der Waals surface area contributed by atoms with E-state index in [-0.39, 0.29) is 12.5 Å². The molecule has 20 heavy (non-hydrogen) atoms. The SMILES string of the molecule is O=C(Cn1ccnc1)NNc1nncc2ccccc12. The van der Waals surface area contributed by atoms with Gasteiger partial charge in [-0.25, -0.2) is 4.98 Å². The number of amides is 1. The van der Waals surface area contributed by atoms with Gasteiger partial charge in [-0.2, -0.15) is 5.10 Å². The fraction of sp³-hybridized carbons (Fsp3) is 0.0769. The first-order valence-electron chi connectivity index (χ1n) is 6.04. The lowest BCUT2D eigenvalue weighted by Crippen LogP contribution is -2.32. The van der Waals surface area contributed by atoms with Crippen LogP contribution >= 0.6 is 0 Å². The standard InChI is InChI=1S/C13H12N6O/c20-12(8-19-6-5-14-9-19)16-18-13-11-4-2-1-3-10(11)7-15-17-13/h1-7,9H,8H2,(H,16,20)(H,17,18). The monoisotopic (exact) mass is 268 g/mol. The Hall–Kier alpha value is -2.96. The Labute approximate surface area is 114 Å². The zero-order chi connectivity index (χ0) is 13.8. The molecule has 0 aliphatic rings. The van der Waals surface area contributed by atoms with E-state index in [4.69, 9.17) is 0 Å². The third kappa shape index (κ3) is 2.56. The Morgan fingerprint density at radius 1 is 1.30 bits per heavy atom. The second kappa shape index (κ2) is 5.35. The molecular formula is C13H12N6O. The average molecular weight is 268 g/mol. The average Bonchev–Trinajstić information content (AvgIpc) is 2.98. The van der Waals surface area contributed by atoms with Crippen LogP contribution in [0.25, 0.3) is 10.8 Å². The van der Waals surface area contributed by atoms with Gasteiger partial charge in [0, 0.05) is 23.2 Å². The molecule has 1 aromatic carbocycles. The minimum Gasteiger partial charge on any atom is -0.328 e. The van der Waals surface area contributed by atoms with Gasteiger partial charge >= 0.3 is 0 Å². The number of aromatic nitrogens is 4. The van der Waals surface area contributed by atoms with Crippen molar-refractivity contribution in [3.05, 3.63) is 49.2 Å². The minimum atomic E-state index is -0.197. The van der Waals surface area contributed by atoms with E-state index < -0.39 is 0 Å². The normalized spacial score (nSPS) is 10.4. The van der Waals surface area contributed by atoms with Crippen molar-refractivity contribution in [3.8, 4) is 0 Å². The van der Waals surface area contributed by atoms with Crippen molar-refractivity contribution in [3.63, 3.8) is 0 Å². The Bertz CT molecular complexity index is 719. The van der Waals surface area contributed by atoms with Crippen molar-refractivity contribution in [1.82, 2.24) is 25.2 Å². The van der Waals surface area contributed by atoms with Crippen LogP contribution in [0.2, 0.25) is 0 Å². The maximum absolute atomic E-state index is 11.7. The van der Waals surface area contributed by atoms with Gasteiger partial charge in [0.15, 0.2) is 5.82 Å². The van der Waals surface area contributed by atoms with Gasteiger partial charge in [0.25, 0.3) is 5.91 Å². The summed E-state index contributed by atoms with van der Waals surface area (Å²) in [5.41, 5.74) is 5.38. The first-order chi connectivity index (χ1) is 9.83. The maximum atomic E-state index is 11.7. The first kappa shape index (κ1) is 12.1. The number of rotatable bonds is 4. The van der Waals surface area contributed by atoms with Gasteiger partial charge in [0.2, 0.25) is 0 Å². The van der Waals surface area contributed by atoms with Crippen LogP contribution in [-0.4, -0.2) is 25.7 Å². The van der Waals surface area contributed by atoms with Gasteiger partial charge < -0.3 is 4.57 Å². The molecule has 100 valence electrons. The fourth-order valence-corrected chi connectivity index (χ4v) is 1.83. The van der Waals surface area contributed by atoms with Crippen molar-refractivity contribution >= 4 is 22.5 Å². The first-order valence-corrected chi connectivity index (χ1v) is 6.04. The van der Waals surface area contributed by atoms with E-state index in [2.05, 4.69) is 26.0 Å². The number of hydrogen-bond acceptors (Lipinski definition) is 5. The summed E-state index contributed by atoms with van der Waals surface area (Å²) in [6, 6.07) is 7.67. The predicted molar refractivity (Wildman–Crippen MR) is 73.5 cm³/mol. The van der Waals surface area contributed by atoms with Gasteiger partial charge in [0.05, 0.1) is 12.5 Å². The second-order valence-electron chi connectivity index (χ2n) is 4.19. The topological polar surface area (TPSA) is 84.7 Å². The van der Waals surface area contributed by atoms with E-state index in [1.165, 1.54) is 0 Å². The number of fused-ring (bicyclic) bond motifs is 1. The highest BCUT2D eigenvalue weighted by atomic mass is 16.2. The molecule has 0 atom stereocenters. The number of hydrazine groups is 1. The van der Waals surface area contributed by atoms with Crippen LogP contribution in [0.15, 0.2) is 49.2 Å².